The van der Waals surface area contributed by atoms with Crippen LogP contribution in [0.5, 0.6) is 0 Å². The first-order valence-corrected chi connectivity index (χ1v) is 5.76. The molecule has 2 atom stereocenters. The molecule has 0 aromatic rings. The third-order valence-electron chi connectivity index (χ3n) is 2.64. The van der Waals surface area contributed by atoms with E-state index in [-0.39, 0.29) is 12.0 Å². The van der Waals surface area contributed by atoms with Gasteiger partial charge >= 0.3 is 0 Å². The van der Waals surface area contributed by atoms with Crippen LogP contribution in [0.15, 0.2) is 0 Å². The van der Waals surface area contributed by atoms with E-state index >= 15 is 0 Å². The van der Waals surface area contributed by atoms with Gasteiger partial charge in [-0.05, 0) is 31.6 Å². The van der Waals surface area contributed by atoms with Crippen LogP contribution in [0.25, 0.3) is 0 Å². The Kier molecular flexibility index (Phi) is 5.26. The molecule has 0 aromatic carbocycles. The van der Waals surface area contributed by atoms with Gasteiger partial charge in [0.1, 0.15) is 0 Å². The Morgan fingerprint density at radius 2 is 2.29 bits per heavy atom. The zero-order chi connectivity index (χ0) is 10.4. The van der Waals surface area contributed by atoms with Crippen LogP contribution in [0, 0.1) is 5.92 Å². The maximum absolute atomic E-state index is 11.2. The van der Waals surface area contributed by atoms with E-state index in [1.54, 1.807) is 0 Å². The van der Waals surface area contributed by atoms with Crippen molar-refractivity contribution in [2.45, 2.75) is 38.2 Å². The Morgan fingerprint density at radius 1 is 1.50 bits per heavy atom. The van der Waals surface area contributed by atoms with Crippen molar-refractivity contribution >= 4 is 17.5 Å². The van der Waals surface area contributed by atoms with E-state index in [2.05, 4.69) is 5.32 Å². The number of amides is 1. The lowest BCUT2D eigenvalue weighted by Gasteiger charge is -2.10. The summed E-state index contributed by atoms with van der Waals surface area (Å²) in [5.41, 5.74) is 0. The topological polar surface area (TPSA) is 49.3 Å². The number of alkyl halides is 1. The molecule has 1 fully saturated rings. The molecule has 1 aliphatic rings. The molecule has 1 aliphatic carbocycles. The molecule has 2 unspecified atom stereocenters. The Morgan fingerprint density at radius 3 is 2.86 bits per heavy atom. The highest BCUT2D eigenvalue weighted by atomic mass is 35.5. The van der Waals surface area contributed by atoms with Crippen LogP contribution in [-0.2, 0) is 4.79 Å². The van der Waals surface area contributed by atoms with Gasteiger partial charge in [-0.3, -0.25) is 4.79 Å². The van der Waals surface area contributed by atoms with Gasteiger partial charge < -0.3 is 10.4 Å². The van der Waals surface area contributed by atoms with Gasteiger partial charge in [0.15, 0.2) is 0 Å². The van der Waals surface area contributed by atoms with Crippen molar-refractivity contribution < 1.29 is 9.90 Å². The lowest BCUT2D eigenvalue weighted by Crippen LogP contribution is -2.28. The zero-order valence-corrected chi connectivity index (χ0v) is 9.09. The number of carbonyl (C=O) groups excluding carboxylic acids is 1. The van der Waals surface area contributed by atoms with Crippen LogP contribution in [0.3, 0.4) is 0 Å². The van der Waals surface area contributed by atoms with Gasteiger partial charge in [-0.1, -0.05) is 0 Å². The molecule has 0 radical (unpaired) electrons. The molecule has 2 N–H and O–H groups in total. The molecule has 82 valence electrons. The summed E-state index contributed by atoms with van der Waals surface area (Å²) in [6.07, 6.45) is 3.83. The van der Waals surface area contributed by atoms with Gasteiger partial charge in [-0.15, -0.1) is 11.6 Å². The molecule has 3 nitrogen and oxygen atoms in total. The fourth-order valence-electron chi connectivity index (χ4n) is 1.81. The monoisotopic (exact) mass is 219 g/mol. The number of aliphatic hydroxyl groups is 1. The van der Waals surface area contributed by atoms with E-state index in [4.69, 9.17) is 11.6 Å². The lowest BCUT2D eigenvalue weighted by atomic mass is 10.1. The smallest absolute Gasteiger partial charge is 0.220 e. The van der Waals surface area contributed by atoms with Gasteiger partial charge in [0, 0.05) is 18.8 Å². The Balaban J connectivity index is 2.05. The van der Waals surface area contributed by atoms with Crippen LogP contribution < -0.4 is 5.32 Å². The first kappa shape index (κ1) is 11.8. The molecule has 0 bridgehead atoms. The number of carbonyl (C=O) groups is 1. The highest BCUT2D eigenvalue weighted by Crippen LogP contribution is 2.24. The minimum Gasteiger partial charge on any atom is -0.393 e. The van der Waals surface area contributed by atoms with Crippen molar-refractivity contribution in [3.8, 4) is 0 Å². The van der Waals surface area contributed by atoms with Gasteiger partial charge in [0.2, 0.25) is 5.91 Å². The number of hydrogen-bond donors (Lipinski definition) is 2. The Bertz CT molecular complexity index is 187. The summed E-state index contributed by atoms with van der Waals surface area (Å²) >= 11 is 5.48. The third kappa shape index (κ3) is 4.29. The minimum absolute atomic E-state index is 0.0760. The summed E-state index contributed by atoms with van der Waals surface area (Å²) in [6.45, 7) is 0.707. The van der Waals surface area contributed by atoms with Crippen LogP contribution in [0.1, 0.15) is 32.1 Å². The molecule has 14 heavy (non-hydrogen) atoms. The predicted molar refractivity (Wildman–Crippen MR) is 56.3 cm³/mol. The van der Waals surface area contributed by atoms with Gasteiger partial charge in [-0.25, -0.2) is 0 Å². The summed E-state index contributed by atoms with van der Waals surface area (Å²) < 4.78 is 0. The second-order valence-electron chi connectivity index (χ2n) is 3.93. The van der Waals surface area contributed by atoms with E-state index in [1.807, 2.05) is 0 Å². The van der Waals surface area contributed by atoms with Crippen LogP contribution in [0.4, 0.5) is 0 Å². The molecular weight excluding hydrogens is 202 g/mol. The third-order valence-corrected chi connectivity index (χ3v) is 2.91. The van der Waals surface area contributed by atoms with Gasteiger partial charge in [-0.2, -0.15) is 0 Å². The summed E-state index contributed by atoms with van der Waals surface area (Å²) in [6, 6.07) is 0. The van der Waals surface area contributed by atoms with Crippen molar-refractivity contribution in [1.29, 1.82) is 0 Å². The summed E-state index contributed by atoms with van der Waals surface area (Å²) in [7, 11) is 0. The van der Waals surface area contributed by atoms with Crippen molar-refractivity contribution in [3.05, 3.63) is 0 Å². The average molecular weight is 220 g/mol. The maximum Gasteiger partial charge on any atom is 0.220 e. The van der Waals surface area contributed by atoms with E-state index in [1.165, 1.54) is 0 Å². The zero-order valence-electron chi connectivity index (χ0n) is 8.34. The van der Waals surface area contributed by atoms with E-state index in [9.17, 15) is 9.90 Å². The number of rotatable bonds is 5. The first-order valence-electron chi connectivity index (χ1n) is 5.23. The SMILES string of the molecule is O=C(CCCCl)NCC1CCC(O)C1. The fourth-order valence-corrected chi connectivity index (χ4v) is 1.94. The molecule has 4 heteroatoms. The second kappa shape index (κ2) is 6.25. The lowest BCUT2D eigenvalue weighted by molar-refractivity contribution is -0.121. The van der Waals surface area contributed by atoms with E-state index < -0.39 is 0 Å². The normalized spacial score (nSPS) is 26.4. The molecule has 1 saturated carbocycles. The predicted octanol–water partition coefficient (Wildman–Crippen LogP) is 1.28. The van der Waals surface area contributed by atoms with Gasteiger partial charge in [0.05, 0.1) is 6.10 Å². The minimum atomic E-state index is -0.153. The van der Waals surface area contributed by atoms with Crippen molar-refractivity contribution in [3.63, 3.8) is 0 Å². The highest BCUT2D eigenvalue weighted by Gasteiger charge is 2.22. The molecule has 0 aromatic heterocycles. The average Bonchev–Trinajstić information content (AvgIpc) is 2.58. The number of aliphatic hydroxyl groups excluding tert-OH is 1. The quantitative estimate of drug-likeness (QED) is 0.685. The van der Waals surface area contributed by atoms with Crippen LogP contribution >= 0.6 is 11.6 Å². The molecule has 0 aliphatic heterocycles. The summed E-state index contributed by atoms with van der Waals surface area (Å²) in [5.74, 6) is 1.08. The highest BCUT2D eigenvalue weighted by molar-refractivity contribution is 6.17. The molecule has 1 rings (SSSR count). The van der Waals surface area contributed by atoms with Crippen molar-refractivity contribution in [2.75, 3.05) is 12.4 Å². The number of halogens is 1. The first-order chi connectivity index (χ1) is 6.72. The maximum atomic E-state index is 11.2. The Labute approximate surface area is 89.8 Å². The number of hydrogen-bond acceptors (Lipinski definition) is 2. The fraction of sp³-hybridized carbons (Fsp3) is 0.900. The number of nitrogens with one attached hydrogen (secondary N) is 1. The molecule has 1 amide bonds. The molecular formula is C10H18ClNO2. The van der Waals surface area contributed by atoms with Crippen LogP contribution in [0.2, 0.25) is 0 Å². The summed E-state index contributed by atoms with van der Waals surface area (Å²) in [4.78, 5) is 11.2. The largest absolute Gasteiger partial charge is 0.393 e. The molecule has 0 heterocycles. The van der Waals surface area contributed by atoms with E-state index in [0.29, 0.717) is 24.8 Å². The molecule has 0 spiro atoms. The standard InChI is InChI=1S/C10H18ClNO2/c11-5-1-2-10(14)12-7-8-3-4-9(13)6-8/h8-9,13H,1-7H2,(H,12,14). The second-order valence-corrected chi connectivity index (χ2v) is 4.31. The summed E-state index contributed by atoms with van der Waals surface area (Å²) in [5, 5.41) is 12.1. The Hall–Kier alpha value is -0.280. The molecule has 0 saturated heterocycles. The van der Waals surface area contributed by atoms with E-state index in [0.717, 1.165) is 25.7 Å². The van der Waals surface area contributed by atoms with Gasteiger partial charge in [0.25, 0.3) is 0 Å². The van der Waals surface area contributed by atoms with Crippen molar-refractivity contribution in [2.24, 2.45) is 5.92 Å². The van der Waals surface area contributed by atoms with Crippen molar-refractivity contribution in [1.82, 2.24) is 5.32 Å². The van der Waals surface area contributed by atoms with Crippen LogP contribution in [-0.4, -0.2) is 29.5 Å².